The molecule has 3 nitrogen and oxygen atoms in total. The van der Waals surface area contributed by atoms with E-state index in [1.54, 1.807) is 0 Å². The van der Waals surface area contributed by atoms with E-state index in [9.17, 15) is 39.5 Å². The fourth-order valence-corrected chi connectivity index (χ4v) is 6.60. The normalized spacial score (nSPS) is 22.6. The molecule has 4 rings (SSSR count). The quantitative estimate of drug-likeness (QED) is 0.151. The minimum atomic E-state index is -5.55. The molecule has 2 aliphatic rings. The van der Waals surface area contributed by atoms with Crippen LogP contribution < -0.4 is 14.2 Å². The third-order valence-electron chi connectivity index (χ3n) is 9.21. The van der Waals surface area contributed by atoms with Gasteiger partial charge in [0, 0.05) is 36.1 Å². The highest BCUT2D eigenvalue weighted by atomic mass is 19.4. The lowest BCUT2D eigenvalue weighted by atomic mass is 9.77. The highest BCUT2D eigenvalue weighted by molar-refractivity contribution is 5.37. The Morgan fingerprint density at radius 1 is 0.620 bits per heavy atom. The van der Waals surface area contributed by atoms with Gasteiger partial charge in [0.25, 0.3) is 0 Å². The van der Waals surface area contributed by atoms with E-state index in [-0.39, 0.29) is 49.9 Å². The van der Waals surface area contributed by atoms with Crippen molar-refractivity contribution in [1.29, 1.82) is 0 Å². The zero-order valence-electron chi connectivity index (χ0n) is 26.7. The van der Waals surface area contributed by atoms with Crippen LogP contribution in [0.15, 0.2) is 35.9 Å². The molecule has 0 spiro atoms. The molecule has 2 saturated carbocycles. The molecule has 0 heterocycles. The van der Waals surface area contributed by atoms with Crippen molar-refractivity contribution in [2.24, 2.45) is 23.7 Å². The van der Waals surface area contributed by atoms with Gasteiger partial charge in [-0.25, -0.2) is 26.3 Å². The molecule has 0 saturated heterocycles. The van der Waals surface area contributed by atoms with Crippen molar-refractivity contribution in [3.05, 3.63) is 64.8 Å². The molecule has 2 aromatic rings. The number of halogens is 13. The summed E-state index contributed by atoms with van der Waals surface area (Å²) in [6.45, 7) is 2.10. The zero-order valence-corrected chi connectivity index (χ0v) is 26.7. The molecular formula is C34H35F13O3. The number of alkyl halides is 7. The molecule has 2 aliphatic carbocycles. The Balaban J connectivity index is 1.37. The molecule has 0 atom stereocenters. The van der Waals surface area contributed by atoms with E-state index >= 15 is 17.6 Å². The van der Waals surface area contributed by atoms with Crippen LogP contribution in [0.4, 0.5) is 57.1 Å². The first-order chi connectivity index (χ1) is 23.3. The summed E-state index contributed by atoms with van der Waals surface area (Å²) in [6, 6.07) is -0.381. The van der Waals surface area contributed by atoms with Crippen LogP contribution in [-0.4, -0.2) is 12.5 Å². The van der Waals surface area contributed by atoms with E-state index in [1.807, 2.05) is 0 Å². The molecule has 280 valence electrons. The number of allylic oxidation sites excluding steroid dienone is 2. The first kappa shape index (κ1) is 39.5. The van der Waals surface area contributed by atoms with Crippen LogP contribution in [0.1, 0.15) is 89.5 Å². The van der Waals surface area contributed by atoms with E-state index in [1.165, 1.54) is 0 Å². The number of rotatable bonds is 13. The molecule has 0 bridgehead atoms. The van der Waals surface area contributed by atoms with Gasteiger partial charge in [-0.15, -0.1) is 13.2 Å². The lowest BCUT2D eigenvalue weighted by Gasteiger charge is -2.33. The SMILES string of the molecule is CCCCCC1CCC(C(F)=C(F)C2CCC(C(F)(F)Oc3cc(F)c(C(F)(F)Oc4cc(F)c(OC(F)(F)F)c(F)c4)c(F)c3)CC2)CC1. The van der Waals surface area contributed by atoms with Gasteiger partial charge in [0.1, 0.15) is 40.4 Å². The average molecular weight is 739 g/mol. The Kier molecular flexibility index (Phi) is 12.6. The van der Waals surface area contributed by atoms with Crippen LogP contribution in [0, 0.1) is 46.9 Å². The van der Waals surface area contributed by atoms with Crippen LogP contribution in [0.25, 0.3) is 0 Å². The summed E-state index contributed by atoms with van der Waals surface area (Å²) >= 11 is 0. The van der Waals surface area contributed by atoms with Crippen molar-refractivity contribution in [2.75, 3.05) is 0 Å². The van der Waals surface area contributed by atoms with E-state index in [2.05, 4.69) is 21.1 Å². The second kappa shape index (κ2) is 15.9. The van der Waals surface area contributed by atoms with Gasteiger partial charge in [-0.3, -0.25) is 0 Å². The monoisotopic (exact) mass is 738 g/mol. The number of unbranched alkanes of at least 4 members (excludes halogenated alkanes) is 2. The minimum absolute atomic E-state index is 0.0209. The van der Waals surface area contributed by atoms with E-state index in [0.717, 1.165) is 38.5 Å². The molecule has 2 aromatic carbocycles. The summed E-state index contributed by atoms with van der Waals surface area (Å²) in [4.78, 5) is 0. The van der Waals surface area contributed by atoms with Gasteiger partial charge < -0.3 is 14.2 Å². The van der Waals surface area contributed by atoms with Crippen LogP contribution in [0.5, 0.6) is 17.2 Å². The van der Waals surface area contributed by atoms with Crippen LogP contribution in [-0.2, 0) is 6.11 Å². The fourth-order valence-electron chi connectivity index (χ4n) is 6.60. The summed E-state index contributed by atoms with van der Waals surface area (Å²) in [5, 5.41) is 0. The fraction of sp³-hybridized carbons (Fsp3) is 0.588. The van der Waals surface area contributed by atoms with Crippen molar-refractivity contribution < 1.29 is 71.3 Å². The molecule has 2 fully saturated rings. The second-order valence-corrected chi connectivity index (χ2v) is 12.8. The van der Waals surface area contributed by atoms with E-state index in [4.69, 9.17) is 0 Å². The van der Waals surface area contributed by atoms with Crippen LogP contribution in [0.3, 0.4) is 0 Å². The molecule has 0 N–H and O–H groups in total. The van der Waals surface area contributed by atoms with Gasteiger partial charge in [0.15, 0.2) is 11.6 Å². The summed E-state index contributed by atoms with van der Waals surface area (Å²) in [6.07, 6.45) is -8.82. The van der Waals surface area contributed by atoms with Crippen molar-refractivity contribution >= 4 is 0 Å². The first-order valence-electron chi connectivity index (χ1n) is 16.2. The Morgan fingerprint density at radius 2 is 1.08 bits per heavy atom. The Hall–Kier alpha value is -3.33. The molecule has 0 aromatic heterocycles. The predicted octanol–water partition coefficient (Wildman–Crippen LogP) is 12.6. The summed E-state index contributed by atoms with van der Waals surface area (Å²) in [7, 11) is 0. The molecule has 0 unspecified atom stereocenters. The standard InChI is InChI=1S/C34H35F13O3/c1-2-3-4-5-18-6-8-19(9-7-18)29(39)30(40)20-10-12-21(13-11-20)32(41,42)48-22-14-24(35)28(25(36)15-22)33(43,44)49-23-16-26(37)31(27(38)17-23)50-34(45,46)47/h14-21H,2-13H2,1H3. The van der Waals surface area contributed by atoms with Crippen molar-refractivity contribution in [3.63, 3.8) is 0 Å². The smallest absolute Gasteiger partial charge is 0.432 e. The Bertz CT molecular complexity index is 1450. The van der Waals surface area contributed by atoms with Crippen molar-refractivity contribution in [2.45, 2.75) is 103 Å². The lowest BCUT2D eigenvalue weighted by molar-refractivity contribution is -0.276. The highest BCUT2D eigenvalue weighted by Crippen LogP contribution is 2.46. The Morgan fingerprint density at radius 3 is 1.56 bits per heavy atom. The summed E-state index contributed by atoms with van der Waals surface area (Å²) in [5.41, 5.74) is -2.20. The molecule has 0 aliphatic heterocycles. The van der Waals surface area contributed by atoms with Crippen LogP contribution >= 0.6 is 0 Å². The van der Waals surface area contributed by atoms with Gasteiger partial charge in [0.05, 0.1) is 5.92 Å². The van der Waals surface area contributed by atoms with E-state index in [0.29, 0.717) is 18.8 Å². The highest BCUT2D eigenvalue weighted by Gasteiger charge is 2.47. The summed E-state index contributed by atoms with van der Waals surface area (Å²) in [5.74, 6) is -17.8. The lowest BCUT2D eigenvalue weighted by Crippen LogP contribution is -2.37. The third kappa shape index (κ3) is 9.92. The molecule has 16 heteroatoms. The van der Waals surface area contributed by atoms with Gasteiger partial charge in [-0.05, 0) is 57.3 Å². The molecule has 50 heavy (non-hydrogen) atoms. The van der Waals surface area contributed by atoms with Gasteiger partial charge >= 0.3 is 18.6 Å². The maximum atomic E-state index is 15.1. The Labute approximate surface area is 279 Å². The number of ether oxygens (including phenoxy) is 3. The predicted molar refractivity (Wildman–Crippen MR) is 154 cm³/mol. The number of hydrogen-bond acceptors (Lipinski definition) is 3. The van der Waals surface area contributed by atoms with Gasteiger partial charge in [-0.2, -0.15) is 17.6 Å². The topological polar surface area (TPSA) is 27.7 Å². The number of benzene rings is 2. The first-order valence-corrected chi connectivity index (χ1v) is 16.2. The summed E-state index contributed by atoms with van der Waals surface area (Å²) < 4.78 is 195. The number of hydrogen-bond donors (Lipinski definition) is 0. The third-order valence-corrected chi connectivity index (χ3v) is 9.21. The maximum Gasteiger partial charge on any atom is 0.573 e. The molecule has 0 amide bonds. The van der Waals surface area contributed by atoms with Crippen molar-refractivity contribution in [1.82, 2.24) is 0 Å². The van der Waals surface area contributed by atoms with Gasteiger partial charge in [0.2, 0.25) is 5.75 Å². The average Bonchev–Trinajstić information content (AvgIpc) is 3.01. The molecule has 0 radical (unpaired) electrons. The van der Waals surface area contributed by atoms with Gasteiger partial charge in [-0.1, -0.05) is 32.6 Å². The second-order valence-electron chi connectivity index (χ2n) is 12.8. The van der Waals surface area contributed by atoms with E-state index < -0.39 is 94.1 Å². The minimum Gasteiger partial charge on any atom is -0.432 e. The zero-order chi connectivity index (χ0) is 37.0. The van der Waals surface area contributed by atoms with Crippen LogP contribution in [0.2, 0.25) is 0 Å². The largest absolute Gasteiger partial charge is 0.573 e. The molecular weight excluding hydrogens is 703 g/mol. The van der Waals surface area contributed by atoms with Crippen molar-refractivity contribution in [3.8, 4) is 17.2 Å². The maximum absolute atomic E-state index is 15.1.